The zero-order valence-corrected chi connectivity index (χ0v) is 23.2. The van der Waals surface area contributed by atoms with E-state index in [4.69, 9.17) is 4.74 Å². The predicted molar refractivity (Wildman–Crippen MR) is 157 cm³/mol. The zero-order chi connectivity index (χ0) is 26.3. The highest BCUT2D eigenvalue weighted by Crippen LogP contribution is 2.45. The molecule has 4 aromatic heterocycles. The fourth-order valence-electron chi connectivity index (χ4n) is 4.04. The Morgan fingerprint density at radius 3 is 1.11 bits per heavy atom. The van der Waals surface area contributed by atoms with E-state index in [1.54, 1.807) is 52.5 Å². The number of methoxy groups -OCH3 is 1. The summed E-state index contributed by atoms with van der Waals surface area (Å²) in [7, 11) is 1.67. The molecular weight excluding hydrogens is 562 g/mol. The quantitative estimate of drug-likeness (QED) is 0.190. The highest BCUT2D eigenvalue weighted by Gasteiger charge is 2.30. The summed E-state index contributed by atoms with van der Waals surface area (Å²) in [6, 6.07) is 30.4. The molecule has 0 radical (unpaired) electrons. The van der Waals surface area contributed by atoms with Gasteiger partial charge < -0.3 is 4.74 Å². The molecular formula is C30H19F3OS4. The smallest absolute Gasteiger partial charge is 0.416 e. The van der Waals surface area contributed by atoms with Gasteiger partial charge in [-0.2, -0.15) is 13.2 Å². The van der Waals surface area contributed by atoms with Crippen LogP contribution in [0.2, 0.25) is 0 Å². The summed E-state index contributed by atoms with van der Waals surface area (Å²) in [4.78, 5) is 9.32. The third-order valence-electron chi connectivity index (χ3n) is 6.02. The van der Waals surface area contributed by atoms with Gasteiger partial charge in [-0.05, 0) is 96.1 Å². The minimum atomic E-state index is -4.32. The molecule has 4 heterocycles. The molecule has 0 saturated carbocycles. The lowest BCUT2D eigenvalue weighted by atomic mass is 10.1. The first-order valence-electron chi connectivity index (χ1n) is 11.6. The molecule has 0 aliphatic heterocycles. The van der Waals surface area contributed by atoms with E-state index in [0.29, 0.717) is 0 Å². The molecule has 2 aromatic carbocycles. The van der Waals surface area contributed by atoms with Gasteiger partial charge in [0.1, 0.15) is 5.75 Å². The summed E-state index contributed by atoms with van der Waals surface area (Å²) in [5, 5.41) is 0. The zero-order valence-electron chi connectivity index (χ0n) is 19.9. The normalized spacial score (nSPS) is 11.7. The Morgan fingerprint density at radius 2 is 0.763 bits per heavy atom. The second kappa shape index (κ2) is 10.2. The number of benzene rings is 2. The molecule has 0 aliphatic rings. The predicted octanol–water partition coefficient (Wildman–Crippen LogP) is 11.3. The van der Waals surface area contributed by atoms with E-state index in [1.165, 1.54) is 42.1 Å². The first-order chi connectivity index (χ1) is 18.4. The van der Waals surface area contributed by atoms with Gasteiger partial charge in [-0.3, -0.25) is 0 Å². The van der Waals surface area contributed by atoms with E-state index in [0.717, 1.165) is 38.1 Å². The second-order valence-corrected chi connectivity index (χ2v) is 12.8. The van der Waals surface area contributed by atoms with Crippen molar-refractivity contribution in [3.8, 4) is 55.9 Å². The summed E-state index contributed by atoms with van der Waals surface area (Å²) < 4.78 is 43.9. The number of hydrogen-bond donors (Lipinski definition) is 0. The van der Waals surface area contributed by atoms with Crippen LogP contribution in [0.1, 0.15) is 5.56 Å². The van der Waals surface area contributed by atoms with Gasteiger partial charge in [0.25, 0.3) is 0 Å². The van der Waals surface area contributed by atoms with Gasteiger partial charge in [-0.1, -0.05) is 12.1 Å². The third-order valence-corrected chi connectivity index (χ3v) is 11.1. The first kappa shape index (κ1) is 25.1. The lowest BCUT2D eigenvalue weighted by molar-refractivity contribution is -0.137. The van der Waals surface area contributed by atoms with Crippen LogP contribution in [0.15, 0.2) is 97.1 Å². The van der Waals surface area contributed by atoms with Crippen LogP contribution >= 0.6 is 45.3 Å². The Kier molecular flexibility index (Phi) is 6.74. The van der Waals surface area contributed by atoms with E-state index in [9.17, 15) is 13.2 Å². The molecule has 0 amide bonds. The van der Waals surface area contributed by atoms with Crippen molar-refractivity contribution in [3.63, 3.8) is 0 Å². The topological polar surface area (TPSA) is 9.23 Å². The van der Waals surface area contributed by atoms with Gasteiger partial charge in [0, 0.05) is 39.0 Å². The number of alkyl halides is 3. The molecule has 1 nitrogen and oxygen atoms in total. The minimum Gasteiger partial charge on any atom is -0.497 e. The molecule has 0 saturated heterocycles. The van der Waals surface area contributed by atoms with Crippen molar-refractivity contribution >= 4 is 45.3 Å². The molecule has 38 heavy (non-hydrogen) atoms. The molecule has 6 aromatic rings. The van der Waals surface area contributed by atoms with Crippen molar-refractivity contribution in [2.24, 2.45) is 0 Å². The van der Waals surface area contributed by atoms with Crippen molar-refractivity contribution in [3.05, 3.63) is 103 Å². The monoisotopic (exact) mass is 580 g/mol. The highest BCUT2D eigenvalue weighted by molar-refractivity contribution is 7.29. The fraction of sp³-hybridized carbons (Fsp3) is 0.0667. The van der Waals surface area contributed by atoms with Gasteiger partial charge in [0.05, 0.1) is 12.7 Å². The molecule has 0 atom stereocenters. The highest BCUT2D eigenvalue weighted by atomic mass is 32.1. The molecule has 8 heteroatoms. The van der Waals surface area contributed by atoms with Gasteiger partial charge in [-0.25, -0.2) is 0 Å². The molecule has 0 aliphatic carbocycles. The van der Waals surface area contributed by atoms with Gasteiger partial charge >= 0.3 is 6.18 Å². The van der Waals surface area contributed by atoms with Crippen LogP contribution in [0, 0.1) is 0 Å². The number of ether oxygens (including phenoxy) is 1. The molecule has 0 unspecified atom stereocenters. The largest absolute Gasteiger partial charge is 0.497 e. The van der Waals surface area contributed by atoms with Crippen molar-refractivity contribution < 1.29 is 17.9 Å². The standard InChI is InChI=1S/C30H19F3OS4/c1-34-21-8-4-19(5-9-21)23-11-13-25(36-23)27-15-17-29(38-27)28-16-14-26(37-28)24-12-10-22(35-24)18-2-6-20(7-3-18)30(31,32)33/h2-17H,1H3. The van der Waals surface area contributed by atoms with Gasteiger partial charge in [0.15, 0.2) is 0 Å². The summed E-state index contributed by atoms with van der Waals surface area (Å²) >= 11 is 6.88. The van der Waals surface area contributed by atoms with Crippen molar-refractivity contribution in [1.82, 2.24) is 0 Å². The lowest BCUT2D eigenvalue weighted by Gasteiger charge is -2.06. The Balaban J connectivity index is 1.19. The Labute approximate surface area is 234 Å². The van der Waals surface area contributed by atoms with Crippen LogP contribution in [-0.2, 0) is 6.18 Å². The van der Waals surface area contributed by atoms with Gasteiger partial charge in [-0.15, -0.1) is 45.3 Å². The Hall–Kier alpha value is -3.17. The maximum Gasteiger partial charge on any atom is 0.416 e. The average molecular weight is 581 g/mol. The maximum atomic E-state index is 12.9. The van der Waals surface area contributed by atoms with E-state index in [2.05, 4.69) is 48.5 Å². The summed E-state index contributed by atoms with van der Waals surface area (Å²) in [6.07, 6.45) is -4.32. The summed E-state index contributed by atoms with van der Waals surface area (Å²) in [5.74, 6) is 0.849. The Morgan fingerprint density at radius 1 is 0.447 bits per heavy atom. The maximum absolute atomic E-state index is 12.9. The minimum absolute atomic E-state index is 0.629. The SMILES string of the molecule is COc1ccc(-c2ccc(-c3ccc(-c4ccc(-c5ccc(-c6ccc(C(F)(F)F)cc6)s5)s4)s3)s2)cc1. The molecule has 0 N–H and O–H groups in total. The van der Waals surface area contributed by atoms with Crippen LogP contribution in [0.3, 0.4) is 0 Å². The van der Waals surface area contributed by atoms with E-state index in [1.807, 2.05) is 24.3 Å². The number of thiophene rings is 4. The van der Waals surface area contributed by atoms with E-state index < -0.39 is 11.7 Å². The summed E-state index contributed by atoms with van der Waals surface area (Å²) in [6.45, 7) is 0. The van der Waals surface area contributed by atoms with Crippen LogP contribution in [0.5, 0.6) is 5.75 Å². The third kappa shape index (κ3) is 5.09. The molecule has 190 valence electrons. The van der Waals surface area contributed by atoms with Crippen molar-refractivity contribution in [1.29, 1.82) is 0 Å². The van der Waals surface area contributed by atoms with Crippen LogP contribution in [0.25, 0.3) is 50.1 Å². The number of hydrogen-bond acceptors (Lipinski definition) is 5. The second-order valence-electron chi connectivity index (χ2n) is 8.46. The van der Waals surface area contributed by atoms with E-state index >= 15 is 0 Å². The van der Waals surface area contributed by atoms with Crippen LogP contribution in [-0.4, -0.2) is 7.11 Å². The summed E-state index contributed by atoms with van der Waals surface area (Å²) in [5.41, 5.74) is 1.34. The number of halogens is 3. The van der Waals surface area contributed by atoms with Crippen LogP contribution in [0.4, 0.5) is 13.2 Å². The molecule has 0 bridgehead atoms. The molecule has 0 spiro atoms. The molecule has 6 rings (SSSR count). The van der Waals surface area contributed by atoms with Crippen molar-refractivity contribution in [2.45, 2.75) is 6.18 Å². The van der Waals surface area contributed by atoms with E-state index in [-0.39, 0.29) is 0 Å². The lowest BCUT2D eigenvalue weighted by Crippen LogP contribution is -2.03. The number of rotatable bonds is 6. The van der Waals surface area contributed by atoms with Crippen LogP contribution < -0.4 is 4.74 Å². The Bertz CT molecular complexity index is 1680. The fourth-order valence-corrected chi connectivity index (χ4v) is 8.34. The first-order valence-corrected chi connectivity index (χ1v) is 14.9. The van der Waals surface area contributed by atoms with Crippen molar-refractivity contribution in [2.75, 3.05) is 7.11 Å². The average Bonchev–Trinajstić information content (AvgIpc) is 3.74. The molecule has 0 fully saturated rings. The van der Waals surface area contributed by atoms with Gasteiger partial charge in [0.2, 0.25) is 0 Å².